The molecule has 2 heterocycles. The molecule has 1 aromatic heterocycles. The lowest BCUT2D eigenvalue weighted by molar-refractivity contribution is 0.143. The summed E-state index contributed by atoms with van der Waals surface area (Å²) in [5.41, 5.74) is 13.8. The Morgan fingerprint density at radius 3 is 3.00 bits per heavy atom. The molecule has 2 aromatic rings. The van der Waals surface area contributed by atoms with Crippen LogP contribution in [0.4, 0.5) is 10.2 Å². The Bertz CT molecular complexity index is 927. The van der Waals surface area contributed by atoms with Gasteiger partial charge >= 0.3 is 0 Å². The van der Waals surface area contributed by atoms with Crippen molar-refractivity contribution in [2.24, 2.45) is 10.7 Å². The maximum atomic E-state index is 13.6. The van der Waals surface area contributed by atoms with Gasteiger partial charge in [0.1, 0.15) is 11.9 Å². The molecule has 2 atom stereocenters. The van der Waals surface area contributed by atoms with Crippen LogP contribution in [-0.2, 0) is 4.74 Å². The molecule has 4 N–H and O–H groups in total. The van der Waals surface area contributed by atoms with E-state index in [4.69, 9.17) is 32.5 Å². The third kappa shape index (κ3) is 5.70. The highest BCUT2D eigenvalue weighted by molar-refractivity contribution is 6.31. The standard InChI is InChI=1S/C22H26ClFN4O2/c1-14(19-10-17(24)4-5-20(19)23)30-21-9-15(12-28-22(21)26)16(11-25)13-27-18-3-2-7-29-8-6-18/h4-5,9-14,18H,2-3,6-8,25H2,1H3,(H2,26,28). The lowest BCUT2D eigenvalue weighted by atomic mass is 10.1. The summed E-state index contributed by atoms with van der Waals surface area (Å²) in [6.07, 6.45) is 7.16. The van der Waals surface area contributed by atoms with Gasteiger partial charge in [0.2, 0.25) is 0 Å². The zero-order valence-corrected chi connectivity index (χ0v) is 17.6. The van der Waals surface area contributed by atoms with Gasteiger partial charge in [0.25, 0.3) is 0 Å². The Kier molecular flexibility index (Phi) is 7.65. The van der Waals surface area contributed by atoms with Gasteiger partial charge in [0.05, 0.1) is 6.04 Å². The van der Waals surface area contributed by atoms with Crippen molar-refractivity contribution in [2.75, 3.05) is 18.9 Å². The molecule has 0 bridgehead atoms. The van der Waals surface area contributed by atoms with Crippen molar-refractivity contribution >= 4 is 29.2 Å². The second-order valence-electron chi connectivity index (χ2n) is 7.13. The minimum absolute atomic E-state index is 0.204. The van der Waals surface area contributed by atoms with Crippen LogP contribution in [0, 0.1) is 5.82 Å². The smallest absolute Gasteiger partial charge is 0.166 e. The first kappa shape index (κ1) is 22.1. The average Bonchev–Trinajstić information content (AvgIpc) is 3.01. The summed E-state index contributed by atoms with van der Waals surface area (Å²) < 4.78 is 25.0. The van der Waals surface area contributed by atoms with Gasteiger partial charge in [-0.15, -0.1) is 0 Å². The number of hydrogen-bond acceptors (Lipinski definition) is 6. The van der Waals surface area contributed by atoms with Crippen LogP contribution in [0.5, 0.6) is 5.75 Å². The molecule has 6 nitrogen and oxygen atoms in total. The topological polar surface area (TPSA) is 95.8 Å². The Balaban J connectivity index is 1.78. The molecule has 3 rings (SSSR count). The number of nitrogens with two attached hydrogens (primary N) is 2. The minimum Gasteiger partial charge on any atom is -0.482 e. The van der Waals surface area contributed by atoms with Crippen LogP contribution in [0.15, 0.2) is 41.7 Å². The SMILES string of the molecule is CC(Oc1cc(C(C=NC2CCCOCC2)=CN)cnc1N)c1cc(F)ccc1Cl. The molecule has 0 radical (unpaired) electrons. The molecule has 0 amide bonds. The van der Waals surface area contributed by atoms with Crippen LogP contribution in [0.3, 0.4) is 0 Å². The van der Waals surface area contributed by atoms with Gasteiger partial charge in [-0.1, -0.05) is 11.6 Å². The number of anilines is 1. The summed E-state index contributed by atoms with van der Waals surface area (Å²) in [5.74, 6) is 0.182. The predicted octanol–water partition coefficient (Wildman–Crippen LogP) is 4.54. The molecule has 1 saturated heterocycles. The Morgan fingerprint density at radius 1 is 1.37 bits per heavy atom. The molecule has 0 spiro atoms. The quantitative estimate of drug-likeness (QED) is 0.653. The number of aliphatic imine (C=N–C) groups is 1. The molecule has 0 aliphatic carbocycles. The minimum atomic E-state index is -0.530. The zero-order chi connectivity index (χ0) is 21.5. The summed E-state index contributed by atoms with van der Waals surface area (Å²) in [7, 11) is 0. The van der Waals surface area contributed by atoms with Gasteiger partial charge in [-0.3, -0.25) is 4.99 Å². The number of pyridine rings is 1. The number of benzene rings is 1. The van der Waals surface area contributed by atoms with Crippen LogP contribution in [0.1, 0.15) is 43.4 Å². The average molecular weight is 433 g/mol. The van der Waals surface area contributed by atoms with Crippen molar-refractivity contribution in [3.05, 3.63) is 58.6 Å². The van der Waals surface area contributed by atoms with E-state index < -0.39 is 11.9 Å². The van der Waals surface area contributed by atoms with Crippen LogP contribution in [-0.4, -0.2) is 30.5 Å². The normalized spacial score (nSPS) is 18.9. The van der Waals surface area contributed by atoms with E-state index >= 15 is 0 Å². The number of aromatic nitrogens is 1. The van der Waals surface area contributed by atoms with E-state index in [-0.39, 0.29) is 11.9 Å². The van der Waals surface area contributed by atoms with Crippen LogP contribution >= 0.6 is 11.6 Å². The Morgan fingerprint density at radius 2 is 2.20 bits per heavy atom. The second kappa shape index (κ2) is 10.4. The molecular weight excluding hydrogens is 407 g/mol. The summed E-state index contributed by atoms with van der Waals surface area (Å²) in [6, 6.07) is 6.08. The molecule has 160 valence electrons. The zero-order valence-electron chi connectivity index (χ0n) is 16.9. The lowest BCUT2D eigenvalue weighted by Gasteiger charge is -2.18. The summed E-state index contributed by atoms with van der Waals surface area (Å²) in [6.45, 7) is 3.26. The first-order valence-corrected chi connectivity index (χ1v) is 10.3. The van der Waals surface area contributed by atoms with Crippen molar-refractivity contribution in [1.29, 1.82) is 0 Å². The van der Waals surface area contributed by atoms with E-state index in [0.717, 1.165) is 25.9 Å². The summed E-state index contributed by atoms with van der Waals surface area (Å²) in [4.78, 5) is 8.87. The van der Waals surface area contributed by atoms with E-state index in [0.29, 0.717) is 34.1 Å². The third-order valence-electron chi connectivity index (χ3n) is 4.94. The van der Waals surface area contributed by atoms with Gasteiger partial charge in [0.15, 0.2) is 11.6 Å². The van der Waals surface area contributed by atoms with Gasteiger partial charge in [-0.25, -0.2) is 9.37 Å². The fourth-order valence-corrected chi connectivity index (χ4v) is 3.49. The monoisotopic (exact) mass is 432 g/mol. The highest BCUT2D eigenvalue weighted by Crippen LogP contribution is 2.31. The lowest BCUT2D eigenvalue weighted by Crippen LogP contribution is -2.08. The van der Waals surface area contributed by atoms with E-state index in [2.05, 4.69) is 9.98 Å². The first-order valence-electron chi connectivity index (χ1n) is 9.88. The number of hydrogen-bond donors (Lipinski definition) is 2. The Labute approximate surface area is 180 Å². The van der Waals surface area contributed by atoms with E-state index in [1.807, 2.05) is 0 Å². The van der Waals surface area contributed by atoms with E-state index in [1.54, 1.807) is 25.4 Å². The molecule has 1 aliphatic rings. The van der Waals surface area contributed by atoms with Crippen molar-refractivity contribution in [3.63, 3.8) is 0 Å². The first-order chi connectivity index (χ1) is 14.5. The third-order valence-corrected chi connectivity index (χ3v) is 5.28. The van der Waals surface area contributed by atoms with Crippen molar-refractivity contribution in [1.82, 2.24) is 4.98 Å². The predicted molar refractivity (Wildman–Crippen MR) is 118 cm³/mol. The van der Waals surface area contributed by atoms with E-state index in [9.17, 15) is 4.39 Å². The molecule has 1 aromatic carbocycles. The van der Waals surface area contributed by atoms with E-state index in [1.165, 1.54) is 24.4 Å². The number of nitrogen functional groups attached to an aromatic ring is 1. The maximum Gasteiger partial charge on any atom is 0.166 e. The molecule has 30 heavy (non-hydrogen) atoms. The number of halogens is 2. The second-order valence-corrected chi connectivity index (χ2v) is 7.54. The fourth-order valence-electron chi connectivity index (χ4n) is 3.22. The molecular formula is C22H26ClFN4O2. The molecule has 8 heteroatoms. The molecule has 0 saturated carbocycles. The van der Waals surface area contributed by atoms with Crippen molar-refractivity contribution in [3.8, 4) is 5.75 Å². The number of ether oxygens (including phenoxy) is 2. The summed E-state index contributed by atoms with van der Waals surface area (Å²) in [5, 5.41) is 0.411. The van der Waals surface area contributed by atoms with Crippen molar-refractivity contribution < 1.29 is 13.9 Å². The van der Waals surface area contributed by atoms with Crippen molar-refractivity contribution in [2.45, 2.75) is 38.3 Å². The van der Waals surface area contributed by atoms with Crippen LogP contribution in [0.25, 0.3) is 5.57 Å². The van der Waals surface area contributed by atoms with Gasteiger partial charge in [0, 0.05) is 53.5 Å². The highest BCUT2D eigenvalue weighted by atomic mass is 35.5. The van der Waals surface area contributed by atoms with Crippen LogP contribution in [0.2, 0.25) is 5.02 Å². The largest absolute Gasteiger partial charge is 0.482 e. The van der Waals surface area contributed by atoms with Gasteiger partial charge < -0.3 is 20.9 Å². The molecule has 2 unspecified atom stereocenters. The highest BCUT2D eigenvalue weighted by Gasteiger charge is 2.16. The van der Waals surface area contributed by atoms with Crippen LogP contribution < -0.4 is 16.2 Å². The Hall–Kier alpha value is -2.64. The van der Waals surface area contributed by atoms with Gasteiger partial charge in [-0.05, 0) is 50.5 Å². The van der Waals surface area contributed by atoms with Gasteiger partial charge in [-0.2, -0.15) is 0 Å². The fraction of sp³-hybridized carbons (Fsp3) is 0.364. The molecule has 1 aliphatic heterocycles. The number of allylic oxidation sites excluding steroid dienone is 1. The summed E-state index contributed by atoms with van der Waals surface area (Å²) >= 11 is 6.18. The maximum absolute atomic E-state index is 13.6. The number of nitrogens with zero attached hydrogens (tertiary/aromatic N) is 2. The number of rotatable bonds is 6. The molecule has 1 fully saturated rings.